The molecule has 0 saturated carbocycles. The van der Waals surface area contributed by atoms with E-state index in [0.29, 0.717) is 11.4 Å². The summed E-state index contributed by atoms with van der Waals surface area (Å²) in [6, 6.07) is 10.2. The van der Waals surface area contributed by atoms with Gasteiger partial charge in [-0.2, -0.15) is 13.2 Å². The van der Waals surface area contributed by atoms with Crippen LogP contribution in [-0.4, -0.2) is 25.5 Å². The molecule has 1 heterocycles. The van der Waals surface area contributed by atoms with Crippen LogP contribution in [0.15, 0.2) is 42.5 Å². The van der Waals surface area contributed by atoms with E-state index in [1.54, 1.807) is 12.1 Å². The zero-order valence-electron chi connectivity index (χ0n) is 15.8. The monoisotopic (exact) mass is 407 g/mol. The van der Waals surface area contributed by atoms with E-state index in [9.17, 15) is 22.8 Å². The van der Waals surface area contributed by atoms with Crippen LogP contribution in [0.2, 0.25) is 0 Å². The number of amides is 2. The molecule has 154 valence electrons. The Morgan fingerprint density at radius 2 is 1.93 bits per heavy atom. The van der Waals surface area contributed by atoms with Gasteiger partial charge in [0.1, 0.15) is 5.75 Å². The predicted octanol–water partition coefficient (Wildman–Crippen LogP) is 3.52. The summed E-state index contributed by atoms with van der Waals surface area (Å²) in [4.78, 5) is 26.4. The van der Waals surface area contributed by atoms with E-state index >= 15 is 0 Å². The highest BCUT2D eigenvalue weighted by Crippen LogP contribution is 2.35. The zero-order chi connectivity index (χ0) is 21.2. The number of benzene rings is 2. The maximum Gasteiger partial charge on any atom is 0.418 e. The number of nitrogens with one attached hydrogen (secondary N) is 2. The molecule has 1 fully saturated rings. The third kappa shape index (κ3) is 4.44. The van der Waals surface area contributed by atoms with Gasteiger partial charge >= 0.3 is 6.18 Å². The zero-order valence-corrected chi connectivity index (χ0v) is 15.8. The number of halogens is 3. The van der Waals surface area contributed by atoms with Gasteiger partial charge in [-0.1, -0.05) is 18.2 Å². The number of alkyl halides is 3. The van der Waals surface area contributed by atoms with Crippen LogP contribution in [0.3, 0.4) is 0 Å². The number of hydrazine groups is 1. The minimum Gasteiger partial charge on any atom is -0.495 e. The minimum absolute atomic E-state index is 0.0501. The summed E-state index contributed by atoms with van der Waals surface area (Å²) in [5, 5.41) is 0. The van der Waals surface area contributed by atoms with Gasteiger partial charge in [0, 0.05) is 13.0 Å². The van der Waals surface area contributed by atoms with E-state index in [2.05, 4.69) is 10.9 Å². The Labute approximate surface area is 165 Å². The van der Waals surface area contributed by atoms with E-state index in [1.807, 2.05) is 13.0 Å². The molecule has 1 atom stereocenters. The third-order valence-corrected chi connectivity index (χ3v) is 4.67. The fourth-order valence-electron chi connectivity index (χ4n) is 3.20. The first-order valence-electron chi connectivity index (χ1n) is 8.88. The van der Waals surface area contributed by atoms with Gasteiger partial charge < -0.3 is 9.64 Å². The number of nitrogens with zero attached hydrogens (tertiary/aromatic N) is 1. The number of anilines is 2. The van der Waals surface area contributed by atoms with Crippen molar-refractivity contribution in [3.63, 3.8) is 0 Å². The summed E-state index contributed by atoms with van der Waals surface area (Å²) in [6.45, 7) is 1.97. The Balaban J connectivity index is 1.70. The quantitative estimate of drug-likeness (QED) is 0.745. The average Bonchev–Trinajstić information content (AvgIpc) is 3.07. The second kappa shape index (κ2) is 8.02. The molecule has 2 aromatic rings. The molecular formula is C20H20F3N3O3. The fourth-order valence-corrected chi connectivity index (χ4v) is 3.20. The summed E-state index contributed by atoms with van der Waals surface area (Å²) < 4.78 is 44.4. The molecule has 0 bridgehead atoms. The first-order valence-corrected chi connectivity index (χ1v) is 8.88. The lowest BCUT2D eigenvalue weighted by atomic mass is 10.1. The molecule has 0 unspecified atom stereocenters. The summed E-state index contributed by atoms with van der Waals surface area (Å²) in [6.07, 6.45) is -4.61. The minimum atomic E-state index is -4.56. The first kappa shape index (κ1) is 20.5. The molecular weight excluding hydrogens is 387 g/mol. The molecule has 2 amide bonds. The van der Waals surface area contributed by atoms with E-state index < -0.39 is 23.6 Å². The molecule has 9 heteroatoms. The molecule has 2 aromatic carbocycles. The number of rotatable bonds is 5. The number of carbonyl (C=O) groups is 2. The van der Waals surface area contributed by atoms with Crippen molar-refractivity contribution in [3.05, 3.63) is 53.6 Å². The maximum atomic E-state index is 13.1. The van der Waals surface area contributed by atoms with Crippen LogP contribution in [0.4, 0.5) is 24.5 Å². The third-order valence-electron chi connectivity index (χ3n) is 4.67. The second-order valence-corrected chi connectivity index (χ2v) is 6.74. The van der Waals surface area contributed by atoms with Crippen LogP contribution in [0.25, 0.3) is 0 Å². The highest BCUT2D eigenvalue weighted by Gasteiger charge is 2.37. The van der Waals surface area contributed by atoms with Gasteiger partial charge in [-0.05, 0) is 36.8 Å². The summed E-state index contributed by atoms with van der Waals surface area (Å²) in [5.74, 6) is -1.03. The number of hydrogen-bond donors (Lipinski definition) is 2. The van der Waals surface area contributed by atoms with E-state index in [4.69, 9.17) is 4.74 Å². The van der Waals surface area contributed by atoms with Crippen molar-refractivity contribution in [3.8, 4) is 5.75 Å². The van der Waals surface area contributed by atoms with Gasteiger partial charge in [0.2, 0.25) is 11.8 Å². The van der Waals surface area contributed by atoms with Crippen molar-refractivity contribution in [2.75, 3.05) is 24.0 Å². The SMILES string of the molecule is COc1ccc(C)cc1N1C[C@H](C(=O)NNc2ccccc2C(F)(F)F)CC1=O. The van der Waals surface area contributed by atoms with Crippen molar-refractivity contribution < 1.29 is 27.5 Å². The standard InChI is InChI=1S/C20H20F3N3O3/c1-12-7-8-17(29-2)16(9-12)26-11-13(10-18(26)27)19(28)25-24-15-6-4-3-5-14(15)20(21,22)23/h3-9,13,24H,10-11H2,1-2H3,(H,25,28)/t13-/m1/s1. The fraction of sp³-hybridized carbons (Fsp3) is 0.300. The average molecular weight is 407 g/mol. The highest BCUT2D eigenvalue weighted by molar-refractivity contribution is 6.01. The number of methoxy groups -OCH3 is 1. The number of carbonyl (C=O) groups excluding carboxylic acids is 2. The molecule has 29 heavy (non-hydrogen) atoms. The molecule has 1 saturated heterocycles. The maximum absolute atomic E-state index is 13.1. The van der Waals surface area contributed by atoms with E-state index in [-0.39, 0.29) is 24.6 Å². The van der Waals surface area contributed by atoms with Gasteiger partial charge in [-0.15, -0.1) is 0 Å². The Bertz CT molecular complexity index is 931. The lowest BCUT2D eigenvalue weighted by molar-refractivity contribution is -0.137. The van der Waals surface area contributed by atoms with Crippen LogP contribution in [0.5, 0.6) is 5.75 Å². The molecule has 0 spiro atoms. The first-order chi connectivity index (χ1) is 13.7. The topological polar surface area (TPSA) is 70.7 Å². The Morgan fingerprint density at radius 1 is 1.21 bits per heavy atom. The van der Waals surface area contributed by atoms with Crippen molar-refractivity contribution in [1.82, 2.24) is 5.43 Å². The van der Waals surface area contributed by atoms with E-state index in [0.717, 1.165) is 11.6 Å². The Morgan fingerprint density at radius 3 is 2.62 bits per heavy atom. The molecule has 1 aliphatic rings. The number of ether oxygens (including phenoxy) is 1. The van der Waals surface area contributed by atoms with Gasteiger partial charge in [0.05, 0.1) is 30.0 Å². The molecule has 3 rings (SSSR count). The van der Waals surface area contributed by atoms with Gasteiger partial charge in [0.15, 0.2) is 0 Å². The molecule has 2 N–H and O–H groups in total. The number of para-hydroxylation sites is 1. The lowest BCUT2D eigenvalue weighted by Crippen LogP contribution is -2.37. The number of aryl methyl sites for hydroxylation is 1. The summed E-state index contributed by atoms with van der Waals surface area (Å²) >= 11 is 0. The molecule has 1 aliphatic heterocycles. The second-order valence-electron chi connectivity index (χ2n) is 6.74. The normalized spacial score (nSPS) is 16.7. The number of hydrogen-bond acceptors (Lipinski definition) is 4. The van der Waals surface area contributed by atoms with Crippen LogP contribution in [0, 0.1) is 12.8 Å². The summed E-state index contributed by atoms with van der Waals surface area (Å²) in [5.41, 5.74) is 4.93. The smallest absolute Gasteiger partial charge is 0.418 e. The predicted molar refractivity (Wildman–Crippen MR) is 101 cm³/mol. The van der Waals surface area contributed by atoms with Crippen molar-refractivity contribution in [2.45, 2.75) is 19.5 Å². The Hall–Kier alpha value is -3.23. The van der Waals surface area contributed by atoms with Crippen LogP contribution in [0.1, 0.15) is 17.5 Å². The van der Waals surface area contributed by atoms with Gasteiger partial charge in [-0.25, -0.2) is 0 Å². The summed E-state index contributed by atoms with van der Waals surface area (Å²) in [7, 11) is 1.49. The van der Waals surface area contributed by atoms with E-state index in [1.165, 1.54) is 30.2 Å². The van der Waals surface area contributed by atoms with Gasteiger partial charge in [-0.3, -0.25) is 20.4 Å². The van der Waals surface area contributed by atoms with Gasteiger partial charge in [0.25, 0.3) is 0 Å². The molecule has 6 nitrogen and oxygen atoms in total. The highest BCUT2D eigenvalue weighted by atomic mass is 19.4. The van der Waals surface area contributed by atoms with Crippen molar-refractivity contribution in [1.29, 1.82) is 0 Å². The van der Waals surface area contributed by atoms with Crippen LogP contribution in [-0.2, 0) is 15.8 Å². The Kier molecular flexibility index (Phi) is 5.67. The lowest BCUT2D eigenvalue weighted by Gasteiger charge is -2.20. The molecule has 0 aromatic heterocycles. The van der Waals surface area contributed by atoms with Crippen LogP contribution < -0.4 is 20.5 Å². The molecule has 0 aliphatic carbocycles. The van der Waals surface area contributed by atoms with Crippen molar-refractivity contribution in [2.24, 2.45) is 5.92 Å². The largest absolute Gasteiger partial charge is 0.495 e. The van der Waals surface area contributed by atoms with Crippen LogP contribution >= 0.6 is 0 Å². The molecule has 0 radical (unpaired) electrons. The van der Waals surface area contributed by atoms with Crippen molar-refractivity contribution >= 4 is 23.2 Å².